The molecule has 0 aromatic carbocycles. The lowest BCUT2D eigenvalue weighted by atomic mass is 9.61. The molecule has 19 heavy (non-hydrogen) atoms. The minimum Gasteiger partial charge on any atom is -0.454 e. The Hall–Kier alpha value is -1.38. The number of aliphatic hydroxyl groups excluding tert-OH is 1. The highest BCUT2D eigenvalue weighted by Gasteiger charge is 2.75. The number of aliphatic imine (C=N–C) groups is 1. The smallest absolute Gasteiger partial charge is 0.338 e. The highest BCUT2D eigenvalue weighted by atomic mass is 16.6. The molecule has 3 heterocycles. The lowest BCUT2D eigenvalue weighted by Crippen LogP contribution is -2.80. The van der Waals surface area contributed by atoms with Crippen molar-refractivity contribution in [3.63, 3.8) is 0 Å². The van der Waals surface area contributed by atoms with Crippen molar-refractivity contribution in [1.82, 2.24) is 5.32 Å². The largest absolute Gasteiger partial charge is 0.454 e. The average molecular weight is 271 g/mol. The van der Waals surface area contributed by atoms with Gasteiger partial charge in [-0.05, 0) is 13.3 Å². The van der Waals surface area contributed by atoms with E-state index in [0.29, 0.717) is 6.42 Å². The number of nitrogens with two attached hydrogens (primary N) is 1. The zero-order valence-electron chi connectivity index (χ0n) is 10.2. The van der Waals surface area contributed by atoms with Crippen LogP contribution in [0.5, 0.6) is 0 Å². The van der Waals surface area contributed by atoms with E-state index < -0.39 is 41.6 Å². The van der Waals surface area contributed by atoms with Gasteiger partial charge in [-0.3, -0.25) is 0 Å². The maximum absolute atomic E-state index is 12.0. The Labute approximate surface area is 108 Å². The van der Waals surface area contributed by atoms with Crippen LogP contribution in [0, 0.1) is 5.92 Å². The summed E-state index contributed by atoms with van der Waals surface area (Å²) < 4.78 is 10.7. The molecule has 2 saturated heterocycles. The standard InChI is InChI=1S/C11H15N3O5/c1-10(17)2-3-7-13-9(12)14-11(3)4(15)5(10)19-8(16)6(11)18-7/h3-7,15,17H,2H2,1H3,(H3,12,13,14)/t3-,4-,5+,6-,7+,10+,11-/m1/s1/i12+1,13+1. The van der Waals surface area contributed by atoms with Gasteiger partial charge in [-0.2, -0.15) is 0 Å². The summed E-state index contributed by atoms with van der Waals surface area (Å²) in [5, 5.41) is 23.9. The lowest BCUT2D eigenvalue weighted by Gasteiger charge is -2.56. The van der Waals surface area contributed by atoms with E-state index in [1.54, 1.807) is 6.92 Å². The van der Waals surface area contributed by atoms with E-state index in [1.807, 2.05) is 0 Å². The summed E-state index contributed by atoms with van der Waals surface area (Å²) in [5.41, 5.74) is 3.34. The molecule has 1 saturated carbocycles. The van der Waals surface area contributed by atoms with Gasteiger partial charge in [0.05, 0.1) is 0 Å². The predicted octanol–water partition coefficient (Wildman–Crippen LogP) is -2.57. The highest BCUT2D eigenvalue weighted by Crippen LogP contribution is 2.54. The Morgan fingerprint density at radius 1 is 1.58 bits per heavy atom. The summed E-state index contributed by atoms with van der Waals surface area (Å²) in [6.07, 6.45) is -3.36. The molecule has 5 N–H and O–H groups in total. The van der Waals surface area contributed by atoms with Crippen molar-refractivity contribution in [2.45, 2.75) is 49.0 Å². The quantitative estimate of drug-likeness (QED) is 0.281. The SMILES string of the molecule is C[C@]1(O)C[C@@H]2[C@H]3[15N]=C([15NH2])N[C@]24[C@H](O3)C(=O)O[C@H]1[C@H]4O. The number of aliphatic hydroxyl groups is 2. The molecule has 3 fully saturated rings. The third kappa shape index (κ3) is 1.11. The fourth-order valence-electron chi connectivity index (χ4n) is 3.95. The normalized spacial score (nSPS) is 58.2. The summed E-state index contributed by atoms with van der Waals surface area (Å²) in [6, 6.07) is 0. The molecule has 0 radical (unpaired) electrons. The minimum absolute atomic E-state index is 0.137. The molecule has 3 bridgehead atoms. The van der Waals surface area contributed by atoms with E-state index in [1.165, 1.54) is 0 Å². The second-order valence-corrected chi connectivity index (χ2v) is 5.95. The number of hydrogen-bond acceptors (Lipinski definition) is 8. The molecule has 4 rings (SSSR count). The number of esters is 1. The first-order valence-corrected chi connectivity index (χ1v) is 6.24. The third-order valence-electron chi connectivity index (χ3n) is 4.76. The first-order chi connectivity index (χ1) is 8.86. The maximum Gasteiger partial charge on any atom is 0.338 e. The van der Waals surface area contributed by atoms with Gasteiger partial charge in [-0.25, -0.2) is 9.79 Å². The van der Waals surface area contributed by atoms with Crippen LogP contribution in [0.2, 0.25) is 0 Å². The molecule has 3 aliphatic heterocycles. The van der Waals surface area contributed by atoms with Crippen molar-refractivity contribution in [2.75, 3.05) is 0 Å². The van der Waals surface area contributed by atoms with Crippen LogP contribution in [0.15, 0.2) is 4.99 Å². The van der Waals surface area contributed by atoms with Gasteiger partial charge in [0, 0.05) is 5.92 Å². The Bertz CT molecular complexity index is 507. The predicted molar refractivity (Wildman–Crippen MR) is 60.8 cm³/mol. The summed E-state index contributed by atoms with van der Waals surface area (Å²) in [6.45, 7) is 1.54. The van der Waals surface area contributed by atoms with Gasteiger partial charge in [0.2, 0.25) is 0 Å². The average Bonchev–Trinajstić information content (AvgIpc) is 2.53. The fraction of sp³-hybridized carbons (Fsp3) is 0.818. The molecular weight excluding hydrogens is 256 g/mol. The monoisotopic (exact) mass is 271 g/mol. The Kier molecular flexibility index (Phi) is 1.82. The molecule has 7 atom stereocenters. The first-order valence-electron chi connectivity index (χ1n) is 6.24. The Morgan fingerprint density at radius 3 is 3.05 bits per heavy atom. The second-order valence-electron chi connectivity index (χ2n) is 5.95. The van der Waals surface area contributed by atoms with Crippen molar-refractivity contribution in [2.24, 2.45) is 16.6 Å². The summed E-state index contributed by atoms with van der Waals surface area (Å²) >= 11 is 0. The van der Waals surface area contributed by atoms with Gasteiger partial charge < -0.3 is 30.7 Å². The van der Waals surface area contributed by atoms with Crippen LogP contribution >= 0.6 is 0 Å². The van der Waals surface area contributed by atoms with Crippen molar-refractivity contribution in [3.05, 3.63) is 0 Å². The second kappa shape index (κ2) is 3.02. The number of fused-ring (bicyclic) bond motifs is 1. The van der Waals surface area contributed by atoms with Crippen LogP contribution in [0.3, 0.4) is 0 Å². The number of hydrogen-bond donors (Lipinski definition) is 4. The molecule has 4 aliphatic rings. The van der Waals surface area contributed by atoms with Gasteiger partial charge in [-0.1, -0.05) is 0 Å². The minimum atomic E-state index is -1.32. The molecule has 0 amide bonds. The fourth-order valence-corrected chi connectivity index (χ4v) is 3.95. The van der Waals surface area contributed by atoms with Crippen LogP contribution in [-0.2, 0) is 14.3 Å². The number of carbonyl (C=O) groups is 1. The molecule has 8 heteroatoms. The van der Waals surface area contributed by atoms with E-state index in [-0.39, 0.29) is 11.9 Å². The Balaban J connectivity index is 1.92. The van der Waals surface area contributed by atoms with Gasteiger partial charge in [-0.15, -0.1) is 0 Å². The Morgan fingerprint density at radius 2 is 2.32 bits per heavy atom. The van der Waals surface area contributed by atoms with Crippen molar-refractivity contribution >= 4 is 11.9 Å². The first kappa shape index (κ1) is 11.4. The zero-order chi connectivity index (χ0) is 13.6. The summed E-state index contributed by atoms with van der Waals surface area (Å²) in [4.78, 5) is 16.1. The number of nitrogens with one attached hydrogen (secondary N) is 1. The molecule has 0 aromatic rings. The van der Waals surface area contributed by atoms with Crippen LogP contribution < -0.4 is 11.1 Å². The molecule has 1 spiro atoms. The van der Waals surface area contributed by atoms with E-state index in [0.717, 1.165) is 0 Å². The molecular formula is C11H15N3O5. The summed E-state index contributed by atoms with van der Waals surface area (Å²) in [7, 11) is 0. The number of ether oxygens (including phenoxy) is 2. The van der Waals surface area contributed by atoms with Crippen molar-refractivity contribution in [3.8, 4) is 0 Å². The molecule has 0 aromatic heterocycles. The van der Waals surface area contributed by atoms with Crippen LogP contribution in [0.4, 0.5) is 0 Å². The van der Waals surface area contributed by atoms with Gasteiger partial charge >= 0.3 is 5.97 Å². The number of nitrogens with zero attached hydrogens (tertiary/aromatic N) is 1. The maximum atomic E-state index is 12.0. The molecule has 8 nitrogen and oxygen atoms in total. The van der Waals surface area contributed by atoms with Gasteiger partial charge in [0.1, 0.15) is 17.2 Å². The van der Waals surface area contributed by atoms with Crippen LogP contribution in [0.1, 0.15) is 13.3 Å². The molecule has 104 valence electrons. The van der Waals surface area contributed by atoms with Crippen molar-refractivity contribution < 1.29 is 24.5 Å². The molecule has 0 unspecified atom stereocenters. The number of guanidine groups is 1. The van der Waals surface area contributed by atoms with E-state index in [9.17, 15) is 15.0 Å². The lowest BCUT2D eigenvalue weighted by molar-refractivity contribution is -0.238. The topological polar surface area (TPSA) is 126 Å². The molecule has 1 aliphatic carbocycles. The van der Waals surface area contributed by atoms with Gasteiger partial charge in [0.15, 0.2) is 24.4 Å². The number of rotatable bonds is 0. The zero-order valence-corrected chi connectivity index (χ0v) is 10.2. The van der Waals surface area contributed by atoms with E-state index in [4.69, 9.17) is 15.2 Å². The van der Waals surface area contributed by atoms with E-state index in [2.05, 4.69) is 10.3 Å². The number of carbonyl (C=O) groups excluding carboxylic acids is 1. The van der Waals surface area contributed by atoms with Crippen LogP contribution in [0.25, 0.3) is 0 Å². The van der Waals surface area contributed by atoms with Crippen molar-refractivity contribution in [1.29, 1.82) is 0 Å². The highest BCUT2D eigenvalue weighted by molar-refractivity contribution is 5.86. The van der Waals surface area contributed by atoms with Crippen LogP contribution in [-0.4, -0.2) is 57.8 Å². The summed E-state index contributed by atoms with van der Waals surface area (Å²) in [5.74, 6) is -0.781. The van der Waals surface area contributed by atoms with Gasteiger partial charge in [0.25, 0.3) is 0 Å². The third-order valence-corrected chi connectivity index (χ3v) is 4.76. The van der Waals surface area contributed by atoms with E-state index >= 15 is 0 Å².